The Hall–Kier alpha value is -1.11. The summed E-state index contributed by atoms with van der Waals surface area (Å²) in [6.45, 7) is 2.97. The summed E-state index contributed by atoms with van der Waals surface area (Å²) in [6, 6.07) is 6.88. The quantitative estimate of drug-likeness (QED) is 0.766. The highest BCUT2D eigenvalue weighted by molar-refractivity contribution is 7.89. The van der Waals surface area contributed by atoms with Gasteiger partial charge in [0.15, 0.2) is 0 Å². The van der Waals surface area contributed by atoms with Crippen molar-refractivity contribution in [3.05, 3.63) is 24.3 Å². The Balaban J connectivity index is 2.15. The smallest absolute Gasteiger partial charge is 0.243 e. The Morgan fingerprint density at radius 2 is 1.95 bits per heavy atom. The number of aliphatic hydroxyl groups excluding tert-OH is 1. The zero-order chi connectivity index (χ0) is 14.6. The van der Waals surface area contributed by atoms with Gasteiger partial charge >= 0.3 is 0 Å². The molecular weight excluding hydrogens is 276 g/mol. The van der Waals surface area contributed by atoms with Gasteiger partial charge in [-0.1, -0.05) is 6.92 Å². The van der Waals surface area contributed by atoms with E-state index in [4.69, 9.17) is 5.11 Å². The van der Waals surface area contributed by atoms with E-state index in [2.05, 4.69) is 12.2 Å². The van der Waals surface area contributed by atoms with Crippen molar-refractivity contribution in [2.24, 2.45) is 0 Å². The first-order valence-electron chi connectivity index (χ1n) is 7.06. The summed E-state index contributed by atoms with van der Waals surface area (Å²) >= 11 is 0. The van der Waals surface area contributed by atoms with E-state index in [-0.39, 0.29) is 19.2 Å². The number of sulfonamides is 1. The van der Waals surface area contributed by atoms with E-state index in [1.54, 1.807) is 24.3 Å². The number of benzene rings is 1. The van der Waals surface area contributed by atoms with Crippen molar-refractivity contribution in [3.8, 4) is 0 Å². The molecule has 112 valence electrons. The Morgan fingerprint density at radius 3 is 2.45 bits per heavy atom. The van der Waals surface area contributed by atoms with Gasteiger partial charge in [-0.25, -0.2) is 8.42 Å². The third-order valence-corrected chi connectivity index (χ3v) is 5.28. The standard InChI is InChI=1S/C14H22N2O3S/c1-2-9-15-12-3-7-14(8-4-12)20(18,19)16(10-11-17)13-5-6-13/h3-4,7-8,13,15,17H,2,5-6,9-11H2,1H3. The van der Waals surface area contributed by atoms with Crippen LogP contribution in [0.15, 0.2) is 29.2 Å². The molecule has 0 bridgehead atoms. The maximum absolute atomic E-state index is 12.5. The van der Waals surface area contributed by atoms with Crippen LogP contribution in [0.3, 0.4) is 0 Å². The summed E-state index contributed by atoms with van der Waals surface area (Å²) in [6.07, 6.45) is 2.79. The van der Waals surface area contributed by atoms with Crippen LogP contribution in [0.5, 0.6) is 0 Å². The molecule has 1 fully saturated rings. The number of aliphatic hydroxyl groups is 1. The van der Waals surface area contributed by atoms with Gasteiger partial charge in [-0.3, -0.25) is 0 Å². The Labute approximate surface area is 120 Å². The normalized spacial score (nSPS) is 15.6. The van der Waals surface area contributed by atoms with E-state index in [1.807, 2.05) is 0 Å². The molecule has 20 heavy (non-hydrogen) atoms. The molecule has 1 aromatic carbocycles. The minimum absolute atomic E-state index is 0.0602. The lowest BCUT2D eigenvalue weighted by atomic mass is 10.3. The monoisotopic (exact) mass is 298 g/mol. The zero-order valence-corrected chi connectivity index (χ0v) is 12.6. The van der Waals surface area contributed by atoms with Crippen LogP contribution < -0.4 is 5.32 Å². The van der Waals surface area contributed by atoms with Gasteiger partial charge in [-0.05, 0) is 43.5 Å². The fourth-order valence-corrected chi connectivity index (χ4v) is 3.79. The average Bonchev–Trinajstić information content (AvgIpc) is 3.27. The molecule has 1 aromatic rings. The minimum Gasteiger partial charge on any atom is -0.395 e. The fourth-order valence-electron chi connectivity index (χ4n) is 2.11. The van der Waals surface area contributed by atoms with Crippen LogP contribution in [0.25, 0.3) is 0 Å². The van der Waals surface area contributed by atoms with Gasteiger partial charge in [-0.15, -0.1) is 0 Å². The van der Waals surface area contributed by atoms with Crippen LogP contribution in [0.4, 0.5) is 5.69 Å². The fraction of sp³-hybridized carbons (Fsp3) is 0.571. The maximum atomic E-state index is 12.5. The number of nitrogens with zero attached hydrogens (tertiary/aromatic N) is 1. The SMILES string of the molecule is CCCNc1ccc(S(=O)(=O)N(CCO)C2CC2)cc1. The van der Waals surface area contributed by atoms with Crippen molar-refractivity contribution in [3.63, 3.8) is 0 Å². The molecule has 0 unspecified atom stereocenters. The lowest BCUT2D eigenvalue weighted by Gasteiger charge is -2.21. The summed E-state index contributed by atoms with van der Waals surface area (Å²) in [7, 11) is -3.49. The second-order valence-corrected chi connectivity index (χ2v) is 6.91. The van der Waals surface area contributed by atoms with Gasteiger partial charge in [0.25, 0.3) is 0 Å². The number of anilines is 1. The largest absolute Gasteiger partial charge is 0.395 e. The molecule has 6 heteroatoms. The highest BCUT2D eigenvalue weighted by atomic mass is 32.2. The Morgan fingerprint density at radius 1 is 1.30 bits per heavy atom. The molecule has 0 heterocycles. The molecule has 0 aliphatic heterocycles. The van der Waals surface area contributed by atoms with E-state index in [1.165, 1.54) is 4.31 Å². The minimum atomic E-state index is -3.49. The molecule has 0 atom stereocenters. The first-order valence-corrected chi connectivity index (χ1v) is 8.50. The van der Waals surface area contributed by atoms with Crippen molar-refractivity contribution in [1.29, 1.82) is 0 Å². The van der Waals surface area contributed by atoms with Crippen LogP contribution in [0.1, 0.15) is 26.2 Å². The summed E-state index contributed by atoms with van der Waals surface area (Å²) in [5.41, 5.74) is 0.922. The van der Waals surface area contributed by atoms with Crippen LogP contribution in [-0.2, 0) is 10.0 Å². The lowest BCUT2D eigenvalue weighted by Crippen LogP contribution is -2.35. The third kappa shape index (κ3) is 3.50. The molecule has 5 nitrogen and oxygen atoms in total. The average molecular weight is 298 g/mol. The molecule has 0 saturated heterocycles. The van der Waals surface area contributed by atoms with Crippen molar-refractivity contribution in [2.45, 2.75) is 37.1 Å². The molecule has 0 aromatic heterocycles. The van der Waals surface area contributed by atoms with Gasteiger partial charge in [0.2, 0.25) is 10.0 Å². The summed E-state index contributed by atoms with van der Waals surface area (Å²) in [5, 5.41) is 12.3. The van der Waals surface area contributed by atoms with Crippen molar-refractivity contribution >= 4 is 15.7 Å². The summed E-state index contributed by atoms with van der Waals surface area (Å²) in [5.74, 6) is 0. The molecule has 1 aliphatic carbocycles. The predicted octanol–water partition coefficient (Wildman–Crippen LogP) is 1.65. The molecular formula is C14H22N2O3S. The third-order valence-electron chi connectivity index (χ3n) is 3.31. The molecule has 1 saturated carbocycles. The van der Waals surface area contributed by atoms with Crippen LogP contribution in [0, 0.1) is 0 Å². The molecule has 2 rings (SSSR count). The summed E-state index contributed by atoms with van der Waals surface area (Å²) in [4.78, 5) is 0.292. The van der Waals surface area contributed by atoms with Crippen LogP contribution in [0.2, 0.25) is 0 Å². The van der Waals surface area contributed by atoms with E-state index in [0.717, 1.165) is 31.5 Å². The summed E-state index contributed by atoms with van der Waals surface area (Å²) < 4.78 is 26.5. The predicted molar refractivity (Wildman–Crippen MR) is 79.2 cm³/mol. The highest BCUT2D eigenvalue weighted by Gasteiger charge is 2.37. The molecule has 0 radical (unpaired) electrons. The van der Waals surface area contributed by atoms with E-state index in [0.29, 0.717) is 4.90 Å². The van der Waals surface area contributed by atoms with Crippen molar-refractivity contribution in [1.82, 2.24) is 4.31 Å². The van der Waals surface area contributed by atoms with Crippen LogP contribution >= 0.6 is 0 Å². The molecule has 0 amide bonds. The first kappa shape index (κ1) is 15.3. The van der Waals surface area contributed by atoms with Gasteiger partial charge in [0.1, 0.15) is 0 Å². The zero-order valence-electron chi connectivity index (χ0n) is 11.7. The Bertz CT molecular complexity index is 524. The van der Waals surface area contributed by atoms with E-state index >= 15 is 0 Å². The Kier molecular flexibility index (Phi) is 5.01. The van der Waals surface area contributed by atoms with Gasteiger partial charge < -0.3 is 10.4 Å². The maximum Gasteiger partial charge on any atom is 0.243 e. The van der Waals surface area contributed by atoms with E-state index < -0.39 is 10.0 Å². The lowest BCUT2D eigenvalue weighted by molar-refractivity contribution is 0.250. The topological polar surface area (TPSA) is 69.6 Å². The molecule has 0 spiro atoms. The van der Waals surface area contributed by atoms with E-state index in [9.17, 15) is 8.42 Å². The van der Waals surface area contributed by atoms with Gasteiger partial charge in [0, 0.05) is 24.8 Å². The second kappa shape index (κ2) is 6.56. The highest BCUT2D eigenvalue weighted by Crippen LogP contribution is 2.31. The molecule has 1 aliphatic rings. The van der Waals surface area contributed by atoms with Crippen molar-refractivity contribution in [2.75, 3.05) is 25.0 Å². The number of hydrogen-bond donors (Lipinski definition) is 2. The molecule has 2 N–H and O–H groups in total. The first-order chi connectivity index (χ1) is 9.59. The second-order valence-electron chi connectivity index (χ2n) is 5.02. The van der Waals surface area contributed by atoms with Crippen molar-refractivity contribution < 1.29 is 13.5 Å². The number of rotatable bonds is 8. The van der Waals surface area contributed by atoms with Crippen LogP contribution in [-0.4, -0.2) is 43.6 Å². The number of nitrogens with one attached hydrogen (secondary N) is 1. The van der Waals surface area contributed by atoms with Gasteiger partial charge in [-0.2, -0.15) is 4.31 Å². The number of hydrogen-bond acceptors (Lipinski definition) is 4. The van der Waals surface area contributed by atoms with Gasteiger partial charge in [0.05, 0.1) is 11.5 Å².